The lowest BCUT2D eigenvalue weighted by atomic mass is 10.2. The smallest absolute Gasteiger partial charge is 0.238 e. The highest BCUT2D eigenvalue weighted by molar-refractivity contribution is 7.89. The van der Waals surface area contributed by atoms with Crippen molar-refractivity contribution in [3.8, 4) is 5.75 Å². The first kappa shape index (κ1) is 19.0. The minimum absolute atomic E-state index is 0.00748. The van der Waals surface area contributed by atoms with Crippen molar-refractivity contribution in [1.82, 2.24) is 0 Å². The van der Waals surface area contributed by atoms with E-state index < -0.39 is 10.0 Å². The van der Waals surface area contributed by atoms with Crippen LogP contribution < -0.4 is 15.2 Å². The van der Waals surface area contributed by atoms with Gasteiger partial charge in [-0.05, 0) is 55.7 Å². The van der Waals surface area contributed by atoms with Crippen molar-refractivity contribution < 1.29 is 17.9 Å². The highest BCUT2D eigenvalue weighted by Crippen LogP contribution is 2.19. The summed E-state index contributed by atoms with van der Waals surface area (Å²) in [6.07, 6.45) is 0.818. The van der Waals surface area contributed by atoms with Crippen molar-refractivity contribution in [3.63, 3.8) is 0 Å². The normalized spacial score (nSPS) is 11.2. The molecule has 0 unspecified atom stereocenters. The fraction of sp³-hybridized carbons (Fsp3) is 0.278. The summed E-state index contributed by atoms with van der Waals surface area (Å²) in [5.74, 6) is 0.564. The Balaban J connectivity index is 1.84. The van der Waals surface area contributed by atoms with Crippen LogP contribution in [0.2, 0.25) is 0 Å². The highest BCUT2D eigenvalue weighted by atomic mass is 32.2. The van der Waals surface area contributed by atoms with Gasteiger partial charge in [0.05, 0.1) is 11.5 Å². The molecule has 1 amide bonds. The van der Waals surface area contributed by atoms with E-state index in [0.29, 0.717) is 24.3 Å². The number of rotatable bonds is 7. The van der Waals surface area contributed by atoms with E-state index in [1.165, 1.54) is 6.07 Å². The summed E-state index contributed by atoms with van der Waals surface area (Å²) in [7, 11) is -3.82. The van der Waals surface area contributed by atoms with Crippen molar-refractivity contribution >= 4 is 21.6 Å². The number of sulfonamides is 1. The number of hydrogen-bond acceptors (Lipinski definition) is 4. The van der Waals surface area contributed by atoms with Crippen LogP contribution in [0.3, 0.4) is 0 Å². The molecule has 0 atom stereocenters. The molecule has 2 aromatic rings. The molecule has 2 aromatic carbocycles. The first-order chi connectivity index (χ1) is 11.8. The van der Waals surface area contributed by atoms with Gasteiger partial charge in [0.15, 0.2) is 0 Å². The zero-order chi connectivity index (χ0) is 18.4. The van der Waals surface area contributed by atoms with Gasteiger partial charge in [-0.25, -0.2) is 13.6 Å². The van der Waals surface area contributed by atoms with Crippen LogP contribution in [0.25, 0.3) is 0 Å². The van der Waals surface area contributed by atoms with Gasteiger partial charge in [0.25, 0.3) is 0 Å². The Morgan fingerprint density at radius 1 is 1.16 bits per heavy atom. The van der Waals surface area contributed by atoms with Crippen LogP contribution in [0.4, 0.5) is 5.69 Å². The molecular formula is C18H22N2O4S. The molecule has 6 nitrogen and oxygen atoms in total. The van der Waals surface area contributed by atoms with Crippen molar-refractivity contribution in [3.05, 3.63) is 53.6 Å². The molecule has 0 saturated carbocycles. The molecular weight excluding hydrogens is 340 g/mol. The molecule has 134 valence electrons. The predicted molar refractivity (Wildman–Crippen MR) is 97.1 cm³/mol. The summed E-state index contributed by atoms with van der Waals surface area (Å²) >= 11 is 0. The monoisotopic (exact) mass is 362 g/mol. The fourth-order valence-corrected chi connectivity index (χ4v) is 3.14. The molecule has 25 heavy (non-hydrogen) atoms. The number of aryl methyl sites for hydroxylation is 2. The second-order valence-corrected chi connectivity index (χ2v) is 7.37. The van der Waals surface area contributed by atoms with E-state index in [2.05, 4.69) is 5.32 Å². The van der Waals surface area contributed by atoms with E-state index in [1.54, 1.807) is 19.1 Å². The number of nitrogens with one attached hydrogen (secondary N) is 1. The van der Waals surface area contributed by atoms with Crippen LogP contribution in [0.15, 0.2) is 47.4 Å². The molecule has 0 heterocycles. The summed E-state index contributed by atoms with van der Waals surface area (Å²) in [5, 5.41) is 7.84. The van der Waals surface area contributed by atoms with Gasteiger partial charge in [-0.3, -0.25) is 4.79 Å². The molecule has 0 aliphatic rings. The lowest BCUT2D eigenvalue weighted by Gasteiger charge is -2.09. The summed E-state index contributed by atoms with van der Waals surface area (Å²) in [5.41, 5.74) is 2.05. The van der Waals surface area contributed by atoms with Gasteiger partial charge in [-0.2, -0.15) is 0 Å². The first-order valence-electron chi connectivity index (χ1n) is 7.88. The number of benzene rings is 2. The Morgan fingerprint density at radius 2 is 1.92 bits per heavy atom. The topological polar surface area (TPSA) is 98.5 Å². The van der Waals surface area contributed by atoms with Crippen LogP contribution in [0, 0.1) is 13.8 Å². The maximum Gasteiger partial charge on any atom is 0.238 e. The largest absolute Gasteiger partial charge is 0.494 e. The lowest BCUT2D eigenvalue weighted by Crippen LogP contribution is -2.16. The lowest BCUT2D eigenvalue weighted by molar-refractivity contribution is -0.116. The van der Waals surface area contributed by atoms with Gasteiger partial charge in [0.2, 0.25) is 15.9 Å². The number of nitrogens with two attached hydrogens (primary N) is 1. The third kappa shape index (κ3) is 5.88. The third-order valence-corrected chi connectivity index (χ3v) is 4.64. The third-order valence-electron chi connectivity index (χ3n) is 3.58. The molecule has 0 aliphatic heterocycles. The zero-order valence-corrected chi connectivity index (χ0v) is 15.1. The van der Waals surface area contributed by atoms with E-state index in [0.717, 1.165) is 11.3 Å². The quantitative estimate of drug-likeness (QED) is 0.740. The van der Waals surface area contributed by atoms with Crippen molar-refractivity contribution in [2.24, 2.45) is 5.14 Å². The van der Waals surface area contributed by atoms with Crippen LogP contribution in [0.5, 0.6) is 5.75 Å². The standard InChI is InChI=1S/C18H22N2O4S/c1-13-5-3-6-16(11-13)24-10-4-7-18(21)20-15-9-8-14(2)17(12-15)25(19,22)23/h3,5-6,8-9,11-12H,4,7,10H2,1-2H3,(H,20,21)(H2,19,22,23). The number of amides is 1. The molecule has 0 bridgehead atoms. The van der Waals surface area contributed by atoms with E-state index in [9.17, 15) is 13.2 Å². The molecule has 7 heteroatoms. The van der Waals surface area contributed by atoms with Gasteiger partial charge >= 0.3 is 0 Å². The van der Waals surface area contributed by atoms with E-state index in [1.807, 2.05) is 31.2 Å². The minimum atomic E-state index is -3.82. The minimum Gasteiger partial charge on any atom is -0.494 e. The number of ether oxygens (including phenoxy) is 1. The molecule has 0 spiro atoms. The Morgan fingerprint density at radius 3 is 2.60 bits per heavy atom. The number of hydrogen-bond donors (Lipinski definition) is 2. The average Bonchev–Trinajstić information content (AvgIpc) is 2.52. The maximum atomic E-state index is 12.0. The Labute approximate surface area is 148 Å². The van der Waals surface area contributed by atoms with Crippen LogP contribution in [0.1, 0.15) is 24.0 Å². The molecule has 0 aliphatic carbocycles. The fourth-order valence-electron chi connectivity index (χ4n) is 2.34. The number of carbonyl (C=O) groups excluding carboxylic acids is 1. The molecule has 0 fully saturated rings. The van der Waals surface area contributed by atoms with Gasteiger partial charge < -0.3 is 10.1 Å². The Bertz CT molecular complexity index is 863. The molecule has 0 saturated heterocycles. The van der Waals surface area contributed by atoms with Gasteiger partial charge in [0.1, 0.15) is 5.75 Å². The molecule has 2 rings (SSSR count). The predicted octanol–water partition coefficient (Wildman–Crippen LogP) is 2.75. The number of carbonyl (C=O) groups is 1. The Hall–Kier alpha value is -2.38. The first-order valence-corrected chi connectivity index (χ1v) is 9.43. The summed E-state index contributed by atoms with van der Waals surface area (Å²) in [6.45, 7) is 4.05. The molecule has 3 N–H and O–H groups in total. The maximum absolute atomic E-state index is 12.0. The van der Waals surface area contributed by atoms with Crippen molar-refractivity contribution in [2.45, 2.75) is 31.6 Å². The highest BCUT2D eigenvalue weighted by Gasteiger charge is 2.13. The summed E-state index contributed by atoms with van der Waals surface area (Å²) in [6, 6.07) is 12.3. The van der Waals surface area contributed by atoms with Crippen LogP contribution in [-0.4, -0.2) is 20.9 Å². The second-order valence-electron chi connectivity index (χ2n) is 5.84. The summed E-state index contributed by atoms with van der Waals surface area (Å²) < 4.78 is 28.6. The van der Waals surface area contributed by atoms with E-state index >= 15 is 0 Å². The number of anilines is 1. The van der Waals surface area contributed by atoms with Gasteiger partial charge in [-0.1, -0.05) is 18.2 Å². The summed E-state index contributed by atoms with van der Waals surface area (Å²) in [4.78, 5) is 12.0. The molecule has 0 radical (unpaired) electrons. The zero-order valence-electron chi connectivity index (χ0n) is 14.3. The van der Waals surface area contributed by atoms with Crippen LogP contribution in [-0.2, 0) is 14.8 Å². The van der Waals surface area contributed by atoms with E-state index in [-0.39, 0.29) is 17.2 Å². The second kappa shape index (κ2) is 8.13. The van der Waals surface area contributed by atoms with Crippen molar-refractivity contribution in [2.75, 3.05) is 11.9 Å². The average molecular weight is 362 g/mol. The molecule has 0 aromatic heterocycles. The SMILES string of the molecule is Cc1cccc(OCCCC(=O)Nc2ccc(C)c(S(N)(=O)=O)c2)c1. The van der Waals surface area contributed by atoms with E-state index in [4.69, 9.17) is 9.88 Å². The van der Waals surface area contributed by atoms with Gasteiger partial charge in [0, 0.05) is 12.1 Å². The van der Waals surface area contributed by atoms with Gasteiger partial charge in [-0.15, -0.1) is 0 Å². The number of primary sulfonamides is 1. The van der Waals surface area contributed by atoms with Crippen molar-refractivity contribution in [1.29, 1.82) is 0 Å². The Kier molecular flexibility index (Phi) is 6.17. The van der Waals surface area contributed by atoms with Crippen LogP contribution >= 0.6 is 0 Å².